The van der Waals surface area contributed by atoms with Gasteiger partial charge in [0.25, 0.3) is 5.91 Å². The number of aromatic nitrogens is 3. The average molecular weight is 472 g/mol. The summed E-state index contributed by atoms with van der Waals surface area (Å²) in [6.45, 7) is 7.90. The Balaban J connectivity index is 1.60. The lowest BCUT2D eigenvalue weighted by atomic mass is 10.2. The van der Waals surface area contributed by atoms with E-state index in [2.05, 4.69) is 15.5 Å². The van der Waals surface area contributed by atoms with Gasteiger partial charge in [0, 0.05) is 41.5 Å². The molecule has 0 aliphatic heterocycles. The molecule has 168 valence electrons. The number of nitrogens with one attached hydrogen (secondary N) is 1. The highest BCUT2D eigenvalue weighted by Crippen LogP contribution is 2.25. The Morgan fingerprint density at radius 3 is 2.25 bits per heavy atom. The highest BCUT2D eigenvalue weighted by atomic mass is 35.5. The maximum absolute atomic E-state index is 12.4. The molecule has 0 radical (unpaired) electrons. The second-order valence-corrected chi connectivity index (χ2v) is 8.33. The molecule has 0 aliphatic rings. The third kappa shape index (κ3) is 5.69. The molecule has 1 heterocycles. The van der Waals surface area contributed by atoms with Crippen molar-refractivity contribution in [2.24, 2.45) is 0 Å². The zero-order chi connectivity index (χ0) is 23.1. The minimum absolute atomic E-state index is 0.0150. The van der Waals surface area contributed by atoms with Crippen molar-refractivity contribution >= 4 is 40.9 Å². The van der Waals surface area contributed by atoms with Gasteiger partial charge in [0.2, 0.25) is 5.91 Å². The molecule has 32 heavy (non-hydrogen) atoms. The lowest BCUT2D eigenvalue weighted by Gasteiger charge is -2.18. The van der Waals surface area contributed by atoms with Crippen molar-refractivity contribution in [2.75, 3.05) is 24.2 Å². The molecule has 1 N–H and O–H groups in total. The number of anilines is 1. The first-order valence-electron chi connectivity index (χ1n) is 10.5. The van der Waals surface area contributed by atoms with E-state index in [1.54, 1.807) is 29.2 Å². The van der Waals surface area contributed by atoms with E-state index in [1.807, 2.05) is 49.6 Å². The summed E-state index contributed by atoms with van der Waals surface area (Å²) >= 11 is 7.30. The SMILES string of the molecule is CCN(CC)C(=O)c1ccc(NC(=O)CSc2nnc(-c3ccc(Cl)cc3)n2CC)cc1. The van der Waals surface area contributed by atoms with Gasteiger partial charge in [-0.2, -0.15) is 0 Å². The normalized spacial score (nSPS) is 10.8. The summed E-state index contributed by atoms with van der Waals surface area (Å²) in [4.78, 5) is 26.6. The number of thioether (sulfide) groups is 1. The molecule has 0 spiro atoms. The van der Waals surface area contributed by atoms with Crippen molar-refractivity contribution < 1.29 is 9.59 Å². The highest BCUT2D eigenvalue weighted by Gasteiger charge is 2.15. The first kappa shape index (κ1) is 23.8. The highest BCUT2D eigenvalue weighted by molar-refractivity contribution is 7.99. The number of carbonyl (C=O) groups is 2. The number of hydrogen-bond acceptors (Lipinski definition) is 5. The van der Waals surface area contributed by atoms with E-state index < -0.39 is 0 Å². The second-order valence-electron chi connectivity index (χ2n) is 6.95. The van der Waals surface area contributed by atoms with Crippen molar-refractivity contribution in [3.8, 4) is 11.4 Å². The average Bonchev–Trinajstić information content (AvgIpc) is 3.22. The summed E-state index contributed by atoms with van der Waals surface area (Å²) < 4.78 is 1.97. The zero-order valence-electron chi connectivity index (χ0n) is 18.3. The summed E-state index contributed by atoms with van der Waals surface area (Å²) in [5.74, 6) is 0.759. The van der Waals surface area contributed by atoms with Crippen LogP contribution >= 0.6 is 23.4 Å². The standard InChI is InChI=1S/C23H26ClN5O2S/c1-4-28(5-2)22(31)17-9-13-19(14-10-17)25-20(30)15-32-23-27-26-21(29(23)6-3)16-7-11-18(24)12-8-16/h7-14H,4-6,15H2,1-3H3,(H,25,30). The van der Waals surface area contributed by atoms with Crippen molar-refractivity contribution in [1.29, 1.82) is 0 Å². The van der Waals surface area contributed by atoms with Crippen molar-refractivity contribution in [2.45, 2.75) is 32.5 Å². The summed E-state index contributed by atoms with van der Waals surface area (Å²) in [7, 11) is 0. The lowest BCUT2D eigenvalue weighted by Crippen LogP contribution is -2.30. The van der Waals surface area contributed by atoms with Gasteiger partial charge < -0.3 is 14.8 Å². The molecule has 0 bridgehead atoms. The Kier molecular flexibility index (Phi) is 8.30. The molecule has 0 atom stereocenters. The van der Waals surface area contributed by atoms with Gasteiger partial charge >= 0.3 is 0 Å². The van der Waals surface area contributed by atoms with Gasteiger partial charge in [-0.25, -0.2) is 0 Å². The molecular weight excluding hydrogens is 446 g/mol. The largest absolute Gasteiger partial charge is 0.339 e. The summed E-state index contributed by atoms with van der Waals surface area (Å²) in [6, 6.07) is 14.4. The van der Waals surface area contributed by atoms with Crippen LogP contribution in [0.3, 0.4) is 0 Å². The van der Waals surface area contributed by atoms with Crippen LogP contribution in [0.2, 0.25) is 5.02 Å². The lowest BCUT2D eigenvalue weighted by molar-refractivity contribution is -0.113. The molecule has 0 saturated carbocycles. The van der Waals surface area contributed by atoms with Crippen molar-refractivity contribution in [3.05, 3.63) is 59.1 Å². The number of rotatable bonds is 9. The fraction of sp³-hybridized carbons (Fsp3) is 0.304. The molecule has 1 aromatic heterocycles. The molecule has 0 fully saturated rings. The molecule has 0 unspecified atom stereocenters. The minimum Gasteiger partial charge on any atom is -0.339 e. The van der Waals surface area contributed by atoms with Crippen LogP contribution < -0.4 is 5.32 Å². The van der Waals surface area contributed by atoms with Gasteiger partial charge in [0.05, 0.1) is 5.75 Å². The number of benzene rings is 2. The Morgan fingerprint density at radius 1 is 1.00 bits per heavy atom. The van der Waals surface area contributed by atoms with E-state index in [1.165, 1.54) is 11.8 Å². The van der Waals surface area contributed by atoms with Crippen LogP contribution in [0, 0.1) is 0 Å². The second kappa shape index (κ2) is 11.2. The fourth-order valence-electron chi connectivity index (χ4n) is 3.21. The molecule has 2 amide bonds. The van der Waals surface area contributed by atoms with Gasteiger partial charge in [-0.15, -0.1) is 10.2 Å². The van der Waals surface area contributed by atoms with E-state index in [9.17, 15) is 9.59 Å². The fourth-order valence-corrected chi connectivity index (χ4v) is 4.14. The van der Waals surface area contributed by atoms with E-state index in [-0.39, 0.29) is 17.6 Å². The zero-order valence-corrected chi connectivity index (χ0v) is 19.9. The summed E-state index contributed by atoms with van der Waals surface area (Å²) in [5, 5.41) is 12.7. The Bertz CT molecular complexity index is 1060. The molecule has 3 aromatic rings. The number of amides is 2. The third-order valence-electron chi connectivity index (χ3n) is 4.93. The maximum Gasteiger partial charge on any atom is 0.253 e. The van der Waals surface area contributed by atoms with Crippen LogP contribution in [0.15, 0.2) is 53.7 Å². The van der Waals surface area contributed by atoms with E-state index >= 15 is 0 Å². The molecule has 0 aliphatic carbocycles. The number of nitrogens with zero attached hydrogens (tertiary/aromatic N) is 4. The quantitative estimate of drug-likeness (QED) is 0.452. The first-order valence-corrected chi connectivity index (χ1v) is 11.8. The minimum atomic E-state index is -0.156. The number of hydrogen-bond donors (Lipinski definition) is 1. The summed E-state index contributed by atoms with van der Waals surface area (Å²) in [6.07, 6.45) is 0. The van der Waals surface area contributed by atoms with Crippen molar-refractivity contribution in [1.82, 2.24) is 19.7 Å². The van der Waals surface area contributed by atoms with Gasteiger partial charge in [-0.3, -0.25) is 9.59 Å². The monoisotopic (exact) mass is 471 g/mol. The predicted octanol–water partition coefficient (Wildman–Crippen LogP) is 4.83. The predicted molar refractivity (Wildman–Crippen MR) is 129 cm³/mol. The first-order chi connectivity index (χ1) is 15.5. The molecule has 9 heteroatoms. The molecule has 2 aromatic carbocycles. The van der Waals surface area contributed by atoms with Crippen LogP contribution in [0.4, 0.5) is 5.69 Å². The Morgan fingerprint density at radius 2 is 1.66 bits per heavy atom. The molecule has 0 saturated heterocycles. The molecular formula is C23H26ClN5O2S. The Labute approximate surface area is 197 Å². The van der Waals surface area contributed by atoms with Crippen LogP contribution in [-0.4, -0.2) is 50.3 Å². The van der Waals surface area contributed by atoms with Gasteiger partial charge in [0.15, 0.2) is 11.0 Å². The van der Waals surface area contributed by atoms with Crippen LogP contribution in [-0.2, 0) is 11.3 Å². The number of carbonyl (C=O) groups excluding carboxylic acids is 2. The molecule has 3 rings (SSSR count). The third-order valence-corrected chi connectivity index (χ3v) is 6.15. The van der Waals surface area contributed by atoms with Crippen LogP contribution in [0.1, 0.15) is 31.1 Å². The smallest absolute Gasteiger partial charge is 0.253 e. The van der Waals surface area contributed by atoms with Crippen LogP contribution in [0.25, 0.3) is 11.4 Å². The van der Waals surface area contributed by atoms with E-state index in [4.69, 9.17) is 11.6 Å². The van der Waals surface area contributed by atoms with Gasteiger partial charge in [0.1, 0.15) is 0 Å². The molecule has 7 nitrogen and oxygen atoms in total. The van der Waals surface area contributed by atoms with Gasteiger partial charge in [-0.05, 0) is 69.3 Å². The van der Waals surface area contributed by atoms with Crippen LogP contribution in [0.5, 0.6) is 0 Å². The van der Waals surface area contributed by atoms with Gasteiger partial charge in [-0.1, -0.05) is 23.4 Å². The maximum atomic E-state index is 12.4. The summed E-state index contributed by atoms with van der Waals surface area (Å²) in [5.41, 5.74) is 2.16. The van der Waals surface area contributed by atoms with E-state index in [0.717, 1.165) is 11.4 Å². The van der Waals surface area contributed by atoms with E-state index in [0.29, 0.717) is 41.1 Å². The topological polar surface area (TPSA) is 80.1 Å². The van der Waals surface area contributed by atoms with Crippen molar-refractivity contribution in [3.63, 3.8) is 0 Å². The number of halogens is 1. The Hall–Kier alpha value is -2.84.